The van der Waals surface area contributed by atoms with Gasteiger partial charge in [-0.25, -0.2) is 9.78 Å². The summed E-state index contributed by atoms with van der Waals surface area (Å²) in [5, 5.41) is 11.5. The van der Waals surface area contributed by atoms with Gasteiger partial charge in [-0.15, -0.1) is 6.58 Å². The molecular weight excluding hydrogens is 312 g/mol. The zero-order valence-corrected chi connectivity index (χ0v) is 13.4. The minimum Gasteiger partial charge on any atom is -0.480 e. The Morgan fingerprint density at radius 2 is 2.17 bits per heavy atom. The molecule has 7 heteroatoms. The van der Waals surface area contributed by atoms with E-state index in [0.717, 1.165) is 25.7 Å². The van der Waals surface area contributed by atoms with Crippen molar-refractivity contribution in [1.82, 2.24) is 10.3 Å². The van der Waals surface area contributed by atoms with Crippen LogP contribution in [0.5, 0.6) is 5.88 Å². The highest BCUT2D eigenvalue weighted by atomic mass is 16.5. The summed E-state index contributed by atoms with van der Waals surface area (Å²) >= 11 is 0. The van der Waals surface area contributed by atoms with Crippen molar-refractivity contribution in [3.63, 3.8) is 0 Å². The van der Waals surface area contributed by atoms with Gasteiger partial charge in [-0.05, 0) is 31.7 Å². The number of hydrogen-bond acceptors (Lipinski definition) is 5. The highest BCUT2D eigenvalue weighted by molar-refractivity contribution is 5.96. The summed E-state index contributed by atoms with van der Waals surface area (Å²) in [7, 11) is 0. The van der Waals surface area contributed by atoms with E-state index in [2.05, 4.69) is 16.9 Å². The van der Waals surface area contributed by atoms with Crippen LogP contribution in [0.15, 0.2) is 31.0 Å². The standard InChI is InChI=1S/C17H22N2O5/c1-2-9-23-11-14(17(21)22)19-16(20)12-7-8-15(18-10-12)24-13-5-3-4-6-13/h2,7-8,10,13-14H,1,3-6,9,11H2,(H,19,20)(H,21,22). The monoisotopic (exact) mass is 334 g/mol. The maximum Gasteiger partial charge on any atom is 0.328 e. The molecule has 24 heavy (non-hydrogen) atoms. The number of ether oxygens (including phenoxy) is 2. The van der Waals surface area contributed by atoms with Gasteiger partial charge in [0.1, 0.15) is 6.10 Å². The van der Waals surface area contributed by atoms with Crippen molar-refractivity contribution in [2.45, 2.75) is 37.8 Å². The van der Waals surface area contributed by atoms with E-state index >= 15 is 0 Å². The van der Waals surface area contributed by atoms with Crippen molar-refractivity contribution in [3.05, 3.63) is 36.5 Å². The lowest BCUT2D eigenvalue weighted by molar-refractivity contribution is -0.140. The summed E-state index contributed by atoms with van der Waals surface area (Å²) in [5.41, 5.74) is 0.267. The quantitative estimate of drug-likeness (QED) is 0.528. The Kier molecular flexibility index (Phi) is 6.74. The fraction of sp³-hybridized carbons (Fsp3) is 0.471. The first-order valence-corrected chi connectivity index (χ1v) is 7.95. The van der Waals surface area contributed by atoms with Crippen molar-refractivity contribution in [3.8, 4) is 5.88 Å². The van der Waals surface area contributed by atoms with Gasteiger partial charge in [0.2, 0.25) is 5.88 Å². The van der Waals surface area contributed by atoms with E-state index in [4.69, 9.17) is 14.6 Å². The molecule has 1 aromatic rings. The maximum atomic E-state index is 12.1. The van der Waals surface area contributed by atoms with Crippen LogP contribution < -0.4 is 10.1 Å². The average Bonchev–Trinajstić information content (AvgIpc) is 3.07. The largest absolute Gasteiger partial charge is 0.480 e. The normalized spacial score (nSPS) is 15.7. The number of rotatable bonds is 9. The van der Waals surface area contributed by atoms with Gasteiger partial charge in [-0.3, -0.25) is 4.79 Å². The Morgan fingerprint density at radius 1 is 1.42 bits per heavy atom. The van der Waals surface area contributed by atoms with Gasteiger partial charge in [0.25, 0.3) is 5.91 Å². The molecule has 1 unspecified atom stereocenters. The van der Waals surface area contributed by atoms with Gasteiger partial charge in [0.15, 0.2) is 6.04 Å². The summed E-state index contributed by atoms with van der Waals surface area (Å²) in [5.74, 6) is -1.21. The molecule has 1 fully saturated rings. The van der Waals surface area contributed by atoms with Gasteiger partial charge in [-0.2, -0.15) is 0 Å². The number of hydrogen-bond donors (Lipinski definition) is 2. The Morgan fingerprint density at radius 3 is 2.75 bits per heavy atom. The number of carbonyl (C=O) groups is 2. The van der Waals surface area contributed by atoms with E-state index in [9.17, 15) is 9.59 Å². The van der Waals surface area contributed by atoms with Crippen LogP contribution in [-0.2, 0) is 9.53 Å². The molecule has 2 rings (SSSR count). The molecule has 1 aliphatic carbocycles. The van der Waals surface area contributed by atoms with Gasteiger partial charge in [0.05, 0.1) is 18.8 Å². The van der Waals surface area contributed by atoms with Gasteiger partial charge in [0, 0.05) is 12.3 Å². The Hall–Kier alpha value is -2.41. The molecule has 1 aliphatic rings. The summed E-state index contributed by atoms with van der Waals surface area (Å²) in [6.45, 7) is 3.56. The maximum absolute atomic E-state index is 12.1. The van der Waals surface area contributed by atoms with Crippen molar-refractivity contribution in [1.29, 1.82) is 0 Å². The Labute approximate surface area is 140 Å². The second kappa shape index (κ2) is 9.02. The van der Waals surface area contributed by atoms with Crippen LogP contribution in [-0.4, -0.2) is 47.3 Å². The Balaban J connectivity index is 1.90. The van der Waals surface area contributed by atoms with E-state index in [0.29, 0.717) is 5.88 Å². The van der Waals surface area contributed by atoms with E-state index in [1.165, 1.54) is 12.3 Å². The topological polar surface area (TPSA) is 97.8 Å². The number of pyridine rings is 1. The number of aliphatic carboxylic acids is 1. The lowest BCUT2D eigenvalue weighted by Gasteiger charge is -2.15. The number of nitrogens with one attached hydrogen (secondary N) is 1. The molecule has 7 nitrogen and oxygen atoms in total. The van der Waals surface area contributed by atoms with Crippen LogP contribution in [0.4, 0.5) is 0 Å². The minimum atomic E-state index is -1.17. The SMILES string of the molecule is C=CCOCC(NC(=O)c1ccc(OC2CCCC2)nc1)C(=O)O. The lowest BCUT2D eigenvalue weighted by Crippen LogP contribution is -2.44. The molecule has 1 saturated carbocycles. The molecule has 2 N–H and O–H groups in total. The van der Waals surface area contributed by atoms with Gasteiger partial charge in [-0.1, -0.05) is 6.08 Å². The van der Waals surface area contributed by atoms with Crippen LogP contribution in [0.1, 0.15) is 36.0 Å². The first kappa shape index (κ1) is 17.9. The van der Waals surface area contributed by atoms with Crippen LogP contribution in [0.3, 0.4) is 0 Å². The molecule has 0 aliphatic heterocycles. The number of amides is 1. The molecule has 1 atom stereocenters. The summed E-state index contributed by atoms with van der Waals surface area (Å²) in [6.07, 6.45) is 7.45. The molecule has 0 bridgehead atoms. The third-order valence-corrected chi connectivity index (χ3v) is 3.71. The van der Waals surface area contributed by atoms with Crippen LogP contribution in [0.2, 0.25) is 0 Å². The smallest absolute Gasteiger partial charge is 0.328 e. The van der Waals surface area contributed by atoms with Crippen molar-refractivity contribution in [2.75, 3.05) is 13.2 Å². The first-order valence-electron chi connectivity index (χ1n) is 7.95. The number of aromatic nitrogens is 1. The van der Waals surface area contributed by atoms with Crippen LogP contribution >= 0.6 is 0 Å². The van der Waals surface area contributed by atoms with E-state index in [1.807, 2.05) is 0 Å². The molecule has 1 heterocycles. The van der Waals surface area contributed by atoms with Crippen molar-refractivity contribution in [2.24, 2.45) is 0 Å². The first-order chi connectivity index (χ1) is 11.6. The highest BCUT2D eigenvalue weighted by Crippen LogP contribution is 2.22. The van der Waals surface area contributed by atoms with Gasteiger partial charge < -0.3 is 19.9 Å². The fourth-order valence-electron chi connectivity index (χ4n) is 2.45. The summed E-state index contributed by atoms with van der Waals surface area (Å²) in [4.78, 5) is 27.4. The van der Waals surface area contributed by atoms with Crippen molar-refractivity contribution >= 4 is 11.9 Å². The summed E-state index contributed by atoms with van der Waals surface area (Å²) < 4.78 is 10.8. The van der Waals surface area contributed by atoms with Crippen molar-refractivity contribution < 1.29 is 24.2 Å². The van der Waals surface area contributed by atoms with E-state index < -0.39 is 17.9 Å². The van der Waals surface area contributed by atoms with Gasteiger partial charge >= 0.3 is 5.97 Å². The number of carbonyl (C=O) groups excluding carboxylic acids is 1. The Bertz CT molecular complexity index is 567. The third-order valence-electron chi connectivity index (χ3n) is 3.71. The lowest BCUT2D eigenvalue weighted by atomic mass is 10.2. The van der Waals surface area contributed by atoms with Crippen LogP contribution in [0, 0.1) is 0 Å². The molecule has 0 saturated heterocycles. The molecular formula is C17H22N2O5. The summed E-state index contributed by atoms with van der Waals surface area (Å²) in [6, 6.07) is 2.06. The molecule has 1 amide bonds. The molecule has 130 valence electrons. The fourth-order valence-corrected chi connectivity index (χ4v) is 2.45. The highest BCUT2D eigenvalue weighted by Gasteiger charge is 2.21. The zero-order valence-electron chi connectivity index (χ0n) is 13.4. The molecule has 0 radical (unpaired) electrons. The van der Waals surface area contributed by atoms with E-state index in [1.54, 1.807) is 12.1 Å². The van der Waals surface area contributed by atoms with Crippen LogP contribution in [0.25, 0.3) is 0 Å². The second-order valence-electron chi connectivity index (χ2n) is 5.60. The molecule has 1 aromatic heterocycles. The minimum absolute atomic E-state index is 0.136. The second-order valence-corrected chi connectivity index (χ2v) is 5.60. The number of carboxylic acids is 1. The molecule has 0 aromatic carbocycles. The number of nitrogens with zero attached hydrogens (tertiary/aromatic N) is 1. The predicted octanol–water partition coefficient (Wildman–Crippen LogP) is 1.79. The number of carboxylic acid groups (broad SMARTS) is 1. The average molecular weight is 334 g/mol. The molecule has 0 spiro atoms. The van der Waals surface area contributed by atoms with E-state index in [-0.39, 0.29) is 24.9 Å². The zero-order chi connectivity index (χ0) is 17.4. The third kappa shape index (κ3) is 5.34. The predicted molar refractivity (Wildman–Crippen MR) is 87.0 cm³/mol.